The number of amides is 3. The van der Waals surface area contributed by atoms with Crippen LogP contribution in [-0.2, 0) is 19.1 Å². The van der Waals surface area contributed by atoms with Crippen LogP contribution in [0.2, 0.25) is 5.02 Å². The first kappa shape index (κ1) is 28.4. The molecule has 3 amide bonds. The van der Waals surface area contributed by atoms with E-state index < -0.39 is 35.0 Å². The Balaban J connectivity index is 1.46. The molecule has 3 saturated heterocycles. The molecule has 10 heteroatoms. The number of unbranched alkanes of at least 4 members (excludes halogenated alkanes) is 1. The highest BCUT2D eigenvalue weighted by molar-refractivity contribution is 6.34. The fourth-order valence-corrected chi connectivity index (χ4v) is 7.03. The molecular weight excluding hydrogens is 534 g/mol. The molecule has 2 bridgehead atoms. The molecule has 2 unspecified atom stereocenters. The zero-order valence-electron chi connectivity index (χ0n) is 23.0. The molecule has 0 radical (unpaired) electrons. The Bertz CT molecular complexity index is 1280. The summed E-state index contributed by atoms with van der Waals surface area (Å²) in [5.41, 5.74) is -0.179. The molecule has 3 N–H and O–H groups in total. The van der Waals surface area contributed by atoms with Gasteiger partial charge < -0.3 is 30.1 Å². The van der Waals surface area contributed by atoms with Gasteiger partial charge in [-0.15, -0.1) is 0 Å². The highest BCUT2D eigenvalue weighted by Crippen LogP contribution is 2.63. The van der Waals surface area contributed by atoms with Gasteiger partial charge in [0.1, 0.15) is 17.4 Å². The van der Waals surface area contributed by atoms with E-state index in [1.807, 2.05) is 26.8 Å². The van der Waals surface area contributed by atoms with Crippen molar-refractivity contribution in [3.63, 3.8) is 0 Å². The predicted molar refractivity (Wildman–Crippen MR) is 151 cm³/mol. The fraction of sp³-hybridized carbons (Fsp3) is 0.500. The fourth-order valence-electron chi connectivity index (χ4n) is 6.76. The van der Waals surface area contributed by atoms with Crippen molar-refractivity contribution in [3.8, 4) is 5.75 Å². The summed E-state index contributed by atoms with van der Waals surface area (Å²) in [5, 5.41) is 15.7. The first-order chi connectivity index (χ1) is 19.1. The van der Waals surface area contributed by atoms with Crippen LogP contribution in [0.25, 0.3) is 0 Å². The number of rotatable bonds is 10. The Hall–Kier alpha value is -3.14. The molecule has 2 aromatic rings. The molecule has 0 aliphatic carbocycles. The number of nitrogens with one attached hydrogen (secondary N) is 2. The lowest BCUT2D eigenvalue weighted by Gasteiger charge is -2.33. The van der Waals surface area contributed by atoms with E-state index in [4.69, 9.17) is 21.1 Å². The average Bonchev–Trinajstić information content (AvgIpc) is 3.48. The molecule has 214 valence electrons. The monoisotopic (exact) mass is 569 g/mol. The van der Waals surface area contributed by atoms with Crippen LogP contribution in [0, 0.1) is 18.8 Å². The Labute approximate surface area is 239 Å². The smallest absolute Gasteiger partial charge is 0.250 e. The van der Waals surface area contributed by atoms with Gasteiger partial charge >= 0.3 is 0 Å². The highest BCUT2D eigenvalue weighted by Gasteiger charge is 2.77. The Morgan fingerprint density at radius 3 is 2.55 bits per heavy atom. The number of fused-ring (bicyclic) bond motifs is 1. The van der Waals surface area contributed by atoms with E-state index in [1.165, 1.54) is 0 Å². The third-order valence-corrected chi connectivity index (χ3v) is 8.83. The number of nitrogens with zero attached hydrogens (tertiary/aromatic N) is 1. The van der Waals surface area contributed by atoms with Crippen molar-refractivity contribution in [1.82, 2.24) is 4.90 Å². The number of benzene rings is 2. The van der Waals surface area contributed by atoms with E-state index in [1.54, 1.807) is 41.3 Å². The number of anilines is 2. The van der Waals surface area contributed by atoms with Gasteiger partial charge in [-0.1, -0.05) is 23.7 Å². The van der Waals surface area contributed by atoms with Crippen molar-refractivity contribution >= 4 is 40.7 Å². The molecule has 0 saturated carbocycles. The zero-order chi connectivity index (χ0) is 28.7. The largest absolute Gasteiger partial charge is 0.494 e. The van der Waals surface area contributed by atoms with Crippen molar-refractivity contribution in [1.29, 1.82) is 0 Å². The highest BCUT2D eigenvalue weighted by atomic mass is 35.5. The minimum Gasteiger partial charge on any atom is -0.494 e. The van der Waals surface area contributed by atoms with Crippen molar-refractivity contribution < 1.29 is 29.0 Å². The minimum atomic E-state index is -1.15. The maximum absolute atomic E-state index is 14.1. The van der Waals surface area contributed by atoms with Crippen LogP contribution in [0.1, 0.15) is 45.1 Å². The third-order valence-electron chi connectivity index (χ3n) is 8.52. The van der Waals surface area contributed by atoms with Crippen LogP contribution in [0.15, 0.2) is 42.5 Å². The summed E-state index contributed by atoms with van der Waals surface area (Å²) in [6, 6.07) is 11.5. The quantitative estimate of drug-likeness (QED) is 0.370. The molecule has 9 nitrogen and oxygen atoms in total. The molecule has 1 spiro atoms. The Morgan fingerprint density at radius 1 is 1.12 bits per heavy atom. The summed E-state index contributed by atoms with van der Waals surface area (Å²) >= 11 is 6.41. The number of aliphatic hydroxyl groups excluding tert-OH is 1. The molecule has 3 fully saturated rings. The van der Waals surface area contributed by atoms with Gasteiger partial charge in [-0.3, -0.25) is 14.4 Å². The summed E-state index contributed by atoms with van der Waals surface area (Å²) in [7, 11) is 0. The second kappa shape index (κ2) is 11.0. The number of ether oxygens (including phenoxy) is 2. The summed E-state index contributed by atoms with van der Waals surface area (Å²) in [4.78, 5) is 43.4. The standard InChI is InChI=1S/C30H36ClN3O6/c1-4-39-20-12-10-19(11-13-20)32-26(36)22-23-28(38)34(16-5-6-17-35)25(30(23)15-14-29(22,3)40-30)27(37)33-24-18(2)8-7-9-21(24)31/h7-13,22-23,25,35H,4-6,14-17H2,1-3H3,(H,32,36)(H,33,37)/t22-,23-,25?,29+,30?/m0/s1. The van der Waals surface area contributed by atoms with E-state index in [2.05, 4.69) is 10.6 Å². The third kappa shape index (κ3) is 4.74. The number of halogens is 1. The van der Waals surface area contributed by atoms with E-state index in [0.717, 1.165) is 5.56 Å². The van der Waals surface area contributed by atoms with Crippen molar-refractivity contribution in [3.05, 3.63) is 53.1 Å². The molecule has 3 heterocycles. The molecule has 5 rings (SSSR count). The van der Waals surface area contributed by atoms with Gasteiger partial charge in [0.2, 0.25) is 17.7 Å². The molecule has 3 aliphatic heterocycles. The summed E-state index contributed by atoms with van der Waals surface area (Å²) < 4.78 is 12.1. The first-order valence-corrected chi connectivity index (χ1v) is 14.2. The van der Waals surface area contributed by atoms with E-state index >= 15 is 0 Å². The van der Waals surface area contributed by atoms with Crippen LogP contribution >= 0.6 is 11.6 Å². The van der Waals surface area contributed by atoms with Crippen LogP contribution < -0.4 is 15.4 Å². The number of aryl methyl sites for hydroxylation is 1. The topological polar surface area (TPSA) is 117 Å². The number of para-hydroxylation sites is 1. The number of likely N-dealkylation sites (tertiary alicyclic amines) is 1. The van der Waals surface area contributed by atoms with Crippen LogP contribution in [-0.4, -0.2) is 64.7 Å². The normalized spacial score (nSPS) is 28.5. The minimum absolute atomic E-state index is 0.0199. The lowest BCUT2D eigenvalue weighted by atomic mass is 9.66. The molecule has 40 heavy (non-hydrogen) atoms. The number of carbonyl (C=O) groups is 3. The molecular formula is C30H36ClN3O6. The van der Waals surface area contributed by atoms with Crippen LogP contribution in [0.5, 0.6) is 5.75 Å². The first-order valence-electron chi connectivity index (χ1n) is 13.9. The van der Waals surface area contributed by atoms with Crippen LogP contribution in [0.4, 0.5) is 11.4 Å². The summed E-state index contributed by atoms with van der Waals surface area (Å²) in [6.07, 6.45) is 2.01. The van der Waals surface area contributed by atoms with Gasteiger partial charge in [0.25, 0.3) is 0 Å². The second-order valence-electron chi connectivity index (χ2n) is 11.1. The maximum atomic E-state index is 14.1. The lowest BCUT2D eigenvalue weighted by molar-refractivity contribution is -0.143. The summed E-state index contributed by atoms with van der Waals surface area (Å²) in [6.45, 7) is 6.39. The maximum Gasteiger partial charge on any atom is 0.250 e. The predicted octanol–water partition coefficient (Wildman–Crippen LogP) is 4.16. The van der Waals surface area contributed by atoms with Crippen molar-refractivity contribution in [2.24, 2.45) is 11.8 Å². The van der Waals surface area contributed by atoms with Crippen LogP contribution in [0.3, 0.4) is 0 Å². The van der Waals surface area contributed by atoms with Gasteiger partial charge in [0, 0.05) is 18.8 Å². The van der Waals surface area contributed by atoms with Gasteiger partial charge in [0.05, 0.1) is 34.8 Å². The average molecular weight is 570 g/mol. The lowest BCUT2D eigenvalue weighted by Crippen LogP contribution is -2.53. The van der Waals surface area contributed by atoms with Gasteiger partial charge in [-0.2, -0.15) is 0 Å². The van der Waals surface area contributed by atoms with Gasteiger partial charge in [0.15, 0.2) is 0 Å². The van der Waals surface area contributed by atoms with Gasteiger partial charge in [-0.25, -0.2) is 0 Å². The Kier molecular flexibility index (Phi) is 7.83. The number of carbonyl (C=O) groups excluding carboxylic acids is 3. The number of hydrogen-bond donors (Lipinski definition) is 3. The van der Waals surface area contributed by atoms with Crippen molar-refractivity contribution in [2.45, 2.75) is 63.7 Å². The molecule has 0 aromatic heterocycles. The van der Waals surface area contributed by atoms with Crippen molar-refractivity contribution in [2.75, 3.05) is 30.4 Å². The number of aliphatic hydroxyl groups is 1. The SMILES string of the molecule is CCOc1ccc(NC(=O)[C@@H]2[C@H]3C(=O)N(CCCCO)C(C(=O)Nc4c(C)cccc4Cl)C34CC[C@@]2(C)O4)cc1. The Morgan fingerprint density at radius 2 is 1.88 bits per heavy atom. The molecule has 3 aliphatic rings. The second-order valence-corrected chi connectivity index (χ2v) is 11.5. The van der Waals surface area contributed by atoms with E-state index in [9.17, 15) is 19.5 Å². The van der Waals surface area contributed by atoms with Gasteiger partial charge in [-0.05, 0) is 82.3 Å². The number of hydrogen-bond acceptors (Lipinski definition) is 6. The van der Waals surface area contributed by atoms with E-state index in [-0.39, 0.29) is 25.0 Å². The molecule has 5 atom stereocenters. The zero-order valence-corrected chi connectivity index (χ0v) is 23.8. The molecule has 2 aromatic carbocycles. The van der Waals surface area contributed by atoms with E-state index in [0.29, 0.717) is 54.4 Å². The summed E-state index contributed by atoms with van der Waals surface area (Å²) in [5.74, 6) is -1.88.